The van der Waals surface area contributed by atoms with Crippen molar-refractivity contribution in [3.63, 3.8) is 0 Å². The maximum Gasteiger partial charge on any atom is 0.408 e. The molecule has 1 atom stereocenters. The molecule has 0 spiro atoms. The Kier molecular flexibility index (Phi) is 8.88. The Labute approximate surface area is 196 Å². The van der Waals surface area contributed by atoms with Crippen LogP contribution >= 0.6 is 0 Å². The molecule has 1 amide bonds. The van der Waals surface area contributed by atoms with Crippen LogP contribution in [0.2, 0.25) is 0 Å². The van der Waals surface area contributed by atoms with Gasteiger partial charge in [-0.05, 0) is 21.9 Å². The van der Waals surface area contributed by atoms with Crippen LogP contribution in [-0.4, -0.2) is 48.0 Å². The highest BCUT2D eigenvalue weighted by Crippen LogP contribution is 2.19. The number of ether oxygens (including phenoxy) is 2. The number of carboxylic acid groups (broad SMARTS) is 1. The number of nitrogens with one attached hydrogen (secondary N) is 1. The normalized spacial score (nSPS) is 11.5. The summed E-state index contributed by atoms with van der Waals surface area (Å²) < 4.78 is 10.3. The Morgan fingerprint density at radius 1 is 0.853 bits per heavy atom. The number of hydrogen-bond acceptors (Lipinski definition) is 6. The number of carboxylic acids is 1. The van der Waals surface area contributed by atoms with E-state index in [9.17, 15) is 19.2 Å². The van der Waals surface area contributed by atoms with Crippen LogP contribution in [0.1, 0.15) is 17.5 Å². The van der Waals surface area contributed by atoms with Crippen LogP contribution in [0.3, 0.4) is 0 Å². The molecule has 3 aromatic rings. The average molecular weight is 463 g/mol. The van der Waals surface area contributed by atoms with E-state index in [1.807, 2.05) is 48.5 Å². The van der Waals surface area contributed by atoms with Gasteiger partial charge in [0.1, 0.15) is 25.9 Å². The number of aliphatic carboxylic acids is 1. The number of alkyl carbamates (subject to hydrolysis) is 1. The van der Waals surface area contributed by atoms with E-state index in [-0.39, 0.29) is 25.4 Å². The van der Waals surface area contributed by atoms with Gasteiger partial charge in [-0.1, -0.05) is 72.8 Å². The Bertz CT molecular complexity index is 1150. The number of hydrogen-bond donors (Lipinski definition) is 2. The number of amides is 1. The number of Topliss-reactive ketones (excluding diaryl/α,β-unsaturated/α-hetero) is 2. The lowest BCUT2D eigenvalue weighted by Crippen LogP contribution is -2.44. The summed E-state index contributed by atoms with van der Waals surface area (Å²) in [6.45, 7) is -0.856. The molecule has 0 bridgehead atoms. The minimum Gasteiger partial charge on any atom is -0.481 e. The first-order valence-corrected chi connectivity index (χ1v) is 10.7. The van der Waals surface area contributed by atoms with E-state index in [4.69, 9.17) is 14.6 Å². The zero-order valence-electron chi connectivity index (χ0n) is 18.4. The van der Waals surface area contributed by atoms with E-state index in [1.165, 1.54) is 0 Å². The van der Waals surface area contributed by atoms with E-state index in [0.717, 1.165) is 21.9 Å². The number of carbonyl (C=O) groups excluding carboxylic acids is 3. The van der Waals surface area contributed by atoms with E-state index in [0.29, 0.717) is 0 Å². The molecule has 0 saturated heterocycles. The second kappa shape index (κ2) is 12.3. The molecule has 0 aromatic heterocycles. The van der Waals surface area contributed by atoms with Crippen LogP contribution in [0.5, 0.6) is 0 Å². The molecule has 34 heavy (non-hydrogen) atoms. The lowest BCUT2D eigenvalue weighted by Gasteiger charge is -2.16. The summed E-state index contributed by atoms with van der Waals surface area (Å²) in [5.41, 5.74) is 1.59. The summed E-state index contributed by atoms with van der Waals surface area (Å²) in [5.74, 6) is -2.17. The number of fused-ring (bicyclic) bond motifs is 1. The van der Waals surface area contributed by atoms with Crippen molar-refractivity contribution in [2.75, 3.05) is 13.2 Å². The standard InChI is InChI=1S/C26H25NO7/c28-21(13-20-11-6-10-19-9-4-5-12-22(19)20)16-33-17-24(29)23(14-25(30)31)27-26(32)34-15-18-7-2-1-3-8-18/h1-12,23H,13-17H2,(H,27,32)(H,30,31). The van der Waals surface area contributed by atoms with Gasteiger partial charge in [-0.15, -0.1) is 0 Å². The molecule has 3 rings (SSSR count). The summed E-state index contributed by atoms with van der Waals surface area (Å²) in [7, 11) is 0. The van der Waals surface area contributed by atoms with Crippen LogP contribution in [-0.2, 0) is 36.9 Å². The SMILES string of the molecule is O=C(O)CC(NC(=O)OCc1ccccc1)C(=O)COCC(=O)Cc1cccc2ccccc12. The van der Waals surface area contributed by atoms with Crippen LogP contribution < -0.4 is 5.32 Å². The highest BCUT2D eigenvalue weighted by molar-refractivity contribution is 5.93. The van der Waals surface area contributed by atoms with Crippen molar-refractivity contribution in [1.82, 2.24) is 5.32 Å². The molecule has 0 radical (unpaired) electrons. The van der Waals surface area contributed by atoms with Gasteiger partial charge in [0.2, 0.25) is 0 Å². The Morgan fingerprint density at radius 3 is 2.32 bits per heavy atom. The number of benzene rings is 3. The number of rotatable bonds is 12. The van der Waals surface area contributed by atoms with Crippen LogP contribution in [0.25, 0.3) is 10.8 Å². The van der Waals surface area contributed by atoms with Crippen LogP contribution in [0, 0.1) is 0 Å². The van der Waals surface area contributed by atoms with Gasteiger partial charge in [0.05, 0.1) is 6.42 Å². The van der Waals surface area contributed by atoms with E-state index in [2.05, 4.69) is 5.32 Å². The van der Waals surface area contributed by atoms with Gasteiger partial charge in [-0.2, -0.15) is 0 Å². The lowest BCUT2D eigenvalue weighted by atomic mass is 10.0. The van der Waals surface area contributed by atoms with Gasteiger partial charge in [0.25, 0.3) is 0 Å². The van der Waals surface area contributed by atoms with Crippen molar-refractivity contribution >= 4 is 34.4 Å². The number of ketones is 2. The fraction of sp³-hybridized carbons (Fsp3) is 0.231. The summed E-state index contributed by atoms with van der Waals surface area (Å²) >= 11 is 0. The summed E-state index contributed by atoms with van der Waals surface area (Å²) in [5, 5.41) is 13.3. The van der Waals surface area contributed by atoms with Gasteiger partial charge in [-0.25, -0.2) is 4.79 Å². The predicted octanol–water partition coefficient (Wildman–Crippen LogP) is 3.31. The minimum absolute atomic E-state index is 0.0280. The third kappa shape index (κ3) is 7.53. The molecule has 0 aliphatic carbocycles. The Morgan fingerprint density at radius 2 is 1.56 bits per heavy atom. The minimum atomic E-state index is -1.34. The highest BCUT2D eigenvalue weighted by atomic mass is 16.5. The van der Waals surface area contributed by atoms with Gasteiger partial charge in [0.15, 0.2) is 11.6 Å². The lowest BCUT2D eigenvalue weighted by molar-refractivity contribution is -0.140. The van der Waals surface area contributed by atoms with Crippen LogP contribution in [0.15, 0.2) is 72.8 Å². The first-order valence-electron chi connectivity index (χ1n) is 10.7. The maximum absolute atomic E-state index is 12.4. The third-order valence-electron chi connectivity index (χ3n) is 5.05. The molecule has 0 aliphatic rings. The van der Waals surface area contributed by atoms with Crippen molar-refractivity contribution in [1.29, 1.82) is 0 Å². The molecule has 0 saturated carbocycles. The van der Waals surface area contributed by atoms with Crippen molar-refractivity contribution < 1.29 is 33.8 Å². The first-order chi connectivity index (χ1) is 16.4. The summed E-state index contributed by atoms with van der Waals surface area (Å²) in [6, 6.07) is 21.0. The van der Waals surface area contributed by atoms with Gasteiger partial charge < -0.3 is 19.9 Å². The smallest absolute Gasteiger partial charge is 0.408 e. The quantitative estimate of drug-likeness (QED) is 0.423. The summed E-state index contributed by atoms with van der Waals surface area (Å²) in [6.07, 6.45) is -1.42. The molecule has 0 aliphatic heterocycles. The molecule has 1 unspecified atom stereocenters. The molecule has 0 fully saturated rings. The van der Waals surface area contributed by atoms with E-state index in [1.54, 1.807) is 24.3 Å². The predicted molar refractivity (Wildman–Crippen MR) is 124 cm³/mol. The molecule has 2 N–H and O–H groups in total. The van der Waals surface area contributed by atoms with Crippen molar-refractivity contribution in [3.05, 3.63) is 83.9 Å². The van der Waals surface area contributed by atoms with Crippen molar-refractivity contribution in [2.45, 2.75) is 25.5 Å². The Hall–Kier alpha value is -4.04. The third-order valence-corrected chi connectivity index (χ3v) is 5.05. The number of carbonyl (C=O) groups is 4. The Balaban J connectivity index is 1.48. The second-order valence-corrected chi connectivity index (χ2v) is 7.67. The topological polar surface area (TPSA) is 119 Å². The van der Waals surface area contributed by atoms with E-state index < -0.39 is 36.9 Å². The molecular formula is C26H25NO7. The highest BCUT2D eigenvalue weighted by Gasteiger charge is 2.24. The summed E-state index contributed by atoms with van der Waals surface area (Å²) in [4.78, 5) is 48.0. The molecule has 8 heteroatoms. The van der Waals surface area contributed by atoms with E-state index >= 15 is 0 Å². The first kappa shape index (κ1) is 24.6. The molecule has 8 nitrogen and oxygen atoms in total. The molecular weight excluding hydrogens is 438 g/mol. The second-order valence-electron chi connectivity index (χ2n) is 7.67. The largest absolute Gasteiger partial charge is 0.481 e. The monoisotopic (exact) mass is 463 g/mol. The zero-order chi connectivity index (χ0) is 24.3. The fourth-order valence-electron chi connectivity index (χ4n) is 3.40. The van der Waals surface area contributed by atoms with Gasteiger partial charge >= 0.3 is 12.1 Å². The van der Waals surface area contributed by atoms with Gasteiger partial charge in [-0.3, -0.25) is 14.4 Å². The van der Waals surface area contributed by atoms with Crippen molar-refractivity contribution in [2.24, 2.45) is 0 Å². The zero-order valence-corrected chi connectivity index (χ0v) is 18.4. The molecule has 0 heterocycles. The van der Waals surface area contributed by atoms with Crippen LogP contribution in [0.4, 0.5) is 4.79 Å². The molecule has 3 aromatic carbocycles. The van der Waals surface area contributed by atoms with Gasteiger partial charge in [0, 0.05) is 6.42 Å². The maximum atomic E-state index is 12.4. The van der Waals surface area contributed by atoms with Crippen molar-refractivity contribution in [3.8, 4) is 0 Å². The molecule has 176 valence electrons. The fourth-order valence-corrected chi connectivity index (χ4v) is 3.40. The average Bonchev–Trinajstić information content (AvgIpc) is 2.83.